The van der Waals surface area contributed by atoms with Crippen LogP contribution in [0.4, 0.5) is 5.69 Å². The minimum absolute atomic E-state index is 0.200. The van der Waals surface area contributed by atoms with Gasteiger partial charge < -0.3 is 10.8 Å². The van der Waals surface area contributed by atoms with Crippen molar-refractivity contribution < 1.29 is 5.11 Å². The summed E-state index contributed by atoms with van der Waals surface area (Å²) in [4.78, 5) is 2.06. The maximum absolute atomic E-state index is 8.70. The molecule has 3 nitrogen and oxygen atoms in total. The van der Waals surface area contributed by atoms with Crippen molar-refractivity contribution in [3.05, 3.63) is 29.8 Å². The largest absolute Gasteiger partial charge is 0.399 e. The van der Waals surface area contributed by atoms with Crippen molar-refractivity contribution in [3.63, 3.8) is 0 Å². The number of nitrogens with zero attached hydrogens (tertiary/aromatic N) is 1. The van der Waals surface area contributed by atoms with Gasteiger partial charge in [0.25, 0.3) is 0 Å². The molecule has 0 bridgehead atoms. The highest BCUT2D eigenvalue weighted by atomic mass is 16.3. The highest BCUT2D eigenvalue weighted by molar-refractivity contribution is 5.39. The van der Waals surface area contributed by atoms with E-state index in [9.17, 15) is 0 Å². The number of rotatable bonds is 4. The fourth-order valence-corrected chi connectivity index (χ4v) is 1.18. The number of hydrogen-bond donors (Lipinski definition) is 2. The summed E-state index contributed by atoms with van der Waals surface area (Å²) in [5, 5.41) is 8.70. The first-order valence-electron chi connectivity index (χ1n) is 4.36. The minimum atomic E-state index is 0.200. The Bertz CT molecular complexity index is 246. The molecule has 0 aliphatic carbocycles. The summed E-state index contributed by atoms with van der Waals surface area (Å²) in [6.45, 7) is 1.75. The van der Waals surface area contributed by atoms with Crippen molar-refractivity contribution in [2.75, 3.05) is 25.9 Å². The van der Waals surface area contributed by atoms with Crippen molar-refractivity contribution in [2.45, 2.75) is 6.54 Å². The van der Waals surface area contributed by atoms with E-state index in [1.165, 1.54) is 5.56 Å². The first-order valence-corrected chi connectivity index (χ1v) is 4.36. The van der Waals surface area contributed by atoms with Gasteiger partial charge in [-0.25, -0.2) is 0 Å². The van der Waals surface area contributed by atoms with Crippen LogP contribution in [0.2, 0.25) is 0 Å². The summed E-state index contributed by atoms with van der Waals surface area (Å²) in [6.07, 6.45) is 0. The van der Waals surface area contributed by atoms with Gasteiger partial charge in [-0.2, -0.15) is 0 Å². The maximum Gasteiger partial charge on any atom is 0.0558 e. The molecule has 0 spiro atoms. The van der Waals surface area contributed by atoms with Gasteiger partial charge in [0.1, 0.15) is 0 Å². The number of anilines is 1. The average molecular weight is 180 g/mol. The van der Waals surface area contributed by atoms with Gasteiger partial charge >= 0.3 is 0 Å². The SMILES string of the molecule is CN(CCO)Cc1ccc(N)cc1. The highest BCUT2D eigenvalue weighted by Crippen LogP contribution is 2.07. The van der Waals surface area contributed by atoms with Crippen molar-refractivity contribution in [1.82, 2.24) is 4.90 Å². The summed E-state index contributed by atoms with van der Waals surface area (Å²) >= 11 is 0. The van der Waals surface area contributed by atoms with E-state index in [1.807, 2.05) is 31.3 Å². The molecule has 0 aromatic heterocycles. The zero-order chi connectivity index (χ0) is 9.68. The van der Waals surface area contributed by atoms with E-state index in [2.05, 4.69) is 4.90 Å². The van der Waals surface area contributed by atoms with Gasteiger partial charge in [0, 0.05) is 18.8 Å². The third-order valence-electron chi connectivity index (χ3n) is 1.91. The number of aliphatic hydroxyl groups excluding tert-OH is 1. The van der Waals surface area contributed by atoms with Gasteiger partial charge in [0.05, 0.1) is 6.61 Å². The fraction of sp³-hybridized carbons (Fsp3) is 0.400. The molecule has 1 rings (SSSR count). The summed E-state index contributed by atoms with van der Waals surface area (Å²) in [6, 6.07) is 7.79. The van der Waals surface area contributed by atoms with Crippen LogP contribution in [0.3, 0.4) is 0 Å². The molecule has 1 aromatic carbocycles. The number of benzene rings is 1. The second kappa shape index (κ2) is 4.84. The predicted octanol–water partition coefficient (Wildman–Crippen LogP) is 0.693. The lowest BCUT2D eigenvalue weighted by atomic mass is 10.2. The van der Waals surface area contributed by atoms with Crippen LogP contribution in [0.1, 0.15) is 5.56 Å². The fourth-order valence-electron chi connectivity index (χ4n) is 1.18. The van der Waals surface area contributed by atoms with E-state index in [4.69, 9.17) is 10.8 Å². The maximum atomic E-state index is 8.70. The Balaban J connectivity index is 2.49. The molecule has 0 radical (unpaired) electrons. The molecule has 0 heterocycles. The van der Waals surface area contributed by atoms with Crippen LogP contribution >= 0.6 is 0 Å². The molecule has 1 aromatic rings. The summed E-state index contributed by atoms with van der Waals surface area (Å²) in [5.41, 5.74) is 7.56. The zero-order valence-corrected chi connectivity index (χ0v) is 7.90. The molecule has 0 atom stereocenters. The topological polar surface area (TPSA) is 49.5 Å². The lowest BCUT2D eigenvalue weighted by Crippen LogP contribution is -2.21. The van der Waals surface area contributed by atoms with Crippen LogP contribution in [0.15, 0.2) is 24.3 Å². The van der Waals surface area contributed by atoms with Crippen LogP contribution in [0, 0.1) is 0 Å². The first kappa shape index (κ1) is 10.0. The average Bonchev–Trinajstić information content (AvgIpc) is 2.09. The van der Waals surface area contributed by atoms with Crippen molar-refractivity contribution >= 4 is 5.69 Å². The molecule has 0 unspecified atom stereocenters. The minimum Gasteiger partial charge on any atom is -0.399 e. The van der Waals surface area contributed by atoms with Gasteiger partial charge in [-0.3, -0.25) is 4.90 Å². The number of aliphatic hydroxyl groups is 1. The van der Waals surface area contributed by atoms with Crippen LogP contribution in [-0.4, -0.2) is 30.2 Å². The third kappa shape index (κ3) is 3.44. The van der Waals surface area contributed by atoms with Crippen molar-refractivity contribution in [1.29, 1.82) is 0 Å². The summed E-state index contributed by atoms with van der Waals surface area (Å²) < 4.78 is 0. The molecular weight excluding hydrogens is 164 g/mol. The highest BCUT2D eigenvalue weighted by Gasteiger charge is 1.98. The van der Waals surface area contributed by atoms with Crippen LogP contribution in [0.5, 0.6) is 0 Å². The number of nitrogen functional groups attached to an aromatic ring is 1. The normalized spacial score (nSPS) is 10.7. The van der Waals surface area contributed by atoms with Crippen LogP contribution in [-0.2, 0) is 6.54 Å². The Hall–Kier alpha value is -1.06. The van der Waals surface area contributed by atoms with E-state index in [0.717, 1.165) is 12.2 Å². The lowest BCUT2D eigenvalue weighted by Gasteiger charge is -2.14. The Morgan fingerprint density at radius 1 is 1.31 bits per heavy atom. The number of hydrogen-bond acceptors (Lipinski definition) is 3. The second-order valence-corrected chi connectivity index (χ2v) is 3.20. The smallest absolute Gasteiger partial charge is 0.0558 e. The molecule has 72 valence electrons. The van der Waals surface area contributed by atoms with Gasteiger partial charge in [0.2, 0.25) is 0 Å². The molecule has 13 heavy (non-hydrogen) atoms. The van der Waals surface area contributed by atoms with Crippen LogP contribution in [0.25, 0.3) is 0 Å². The lowest BCUT2D eigenvalue weighted by molar-refractivity contribution is 0.217. The van der Waals surface area contributed by atoms with E-state index < -0.39 is 0 Å². The molecule has 0 aliphatic heterocycles. The van der Waals surface area contributed by atoms with Crippen LogP contribution < -0.4 is 5.73 Å². The summed E-state index contributed by atoms with van der Waals surface area (Å²) in [5.74, 6) is 0. The molecular formula is C10H16N2O. The monoisotopic (exact) mass is 180 g/mol. The Kier molecular flexibility index (Phi) is 3.73. The number of nitrogens with two attached hydrogens (primary N) is 1. The molecule has 3 heteroatoms. The summed E-state index contributed by atoms with van der Waals surface area (Å²) in [7, 11) is 1.98. The van der Waals surface area contributed by atoms with E-state index in [0.29, 0.717) is 6.54 Å². The molecule has 0 fully saturated rings. The Morgan fingerprint density at radius 3 is 2.46 bits per heavy atom. The molecule has 0 saturated carbocycles. The molecule has 0 aliphatic rings. The van der Waals surface area contributed by atoms with Gasteiger partial charge in [-0.15, -0.1) is 0 Å². The van der Waals surface area contributed by atoms with E-state index in [-0.39, 0.29) is 6.61 Å². The standard InChI is InChI=1S/C10H16N2O/c1-12(6-7-13)8-9-2-4-10(11)5-3-9/h2-5,13H,6-8,11H2,1H3. The molecule has 0 amide bonds. The van der Waals surface area contributed by atoms with E-state index in [1.54, 1.807) is 0 Å². The first-order chi connectivity index (χ1) is 6.22. The predicted molar refractivity (Wildman–Crippen MR) is 54.3 cm³/mol. The zero-order valence-electron chi connectivity index (χ0n) is 7.90. The quantitative estimate of drug-likeness (QED) is 0.670. The van der Waals surface area contributed by atoms with Gasteiger partial charge in [-0.1, -0.05) is 12.1 Å². The Labute approximate surface area is 78.8 Å². The van der Waals surface area contributed by atoms with Crippen molar-refractivity contribution in [3.8, 4) is 0 Å². The number of likely N-dealkylation sites (N-methyl/N-ethyl adjacent to an activating group) is 1. The molecule has 0 saturated heterocycles. The van der Waals surface area contributed by atoms with Gasteiger partial charge in [0.15, 0.2) is 0 Å². The van der Waals surface area contributed by atoms with E-state index >= 15 is 0 Å². The van der Waals surface area contributed by atoms with Crippen molar-refractivity contribution in [2.24, 2.45) is 0 Å². The molecule has 3 N–H and O–H groups in total. The van der Waals surface area contributed by atoms with Gasteiger partial charge in [-0.05, 0) is 24.7 Å². The third-order valence-corrected chi connectivity index (χ3v) is 1.91. The second-order valence-electron chi connectivity index (χ2n) is 3.20. The Morgan fingerprint density at radius 2 is 1.92 bits per heavy atom.